The van der Waals surface area contributed by atoms with Crippen LogP contribution in [0.1, 0.15) is 38.0 Å². The number of hydrogen-bond donors (Lipinski definition) is 4. The van der Waals surface area contributed by atoms with Crippen LogP contribution in [0, 0.1) is 0 Å². The lowest BCUT2D eigenvalue weighted by Gasteiger charge is -2.13. The van der Waals surface area contributed by atoms with E-state index in [0.717, 1.165) is 22.3 Å². The molecule has 0 atom stereocenters. The highest BCUT2D eigenvalue weighted by Crippen LogP contribution is 2.44. The fourth-order valence-corrected chi connectivity index (χ4v) is 4.07. The molecular weight excluding hydrogens is 450 g/mol. The van der Waals surface area contributed by atoms with Gasteiger partial charge < -0.3 is 15.2 Å². The summed E-state index contributed by atoms with van der Waals surface area (Å²) in [5.74, 6) is -2.16. The first-order valence-electron chi connectivity index (χ1n) is 10.7. The average Bonchev–Trinajstić information content (AvgIpc) is 3.46. The van der Waals surface area contributed by atoms with Crippen LogP contribution >= 0.6 is 0 Å². The van der Waals surface area contributed by atoms with Crippen molar-refractivity contribution >= 4 is 29.6 Å². The van der Waals surface area contributed by atoms with Crippen molar-refractivity contribution in [1.29, 1.82) is 0 Å². The fraction of sp³-hybridized carbons (Fsp3) is 0.0800. The molecule has 2 amide bonds. The molecular formula is C25H19N5O5. The molecule has 0 radical (unpaired) electrons. The molecule has 0 saturated heterocycles. The highest BCUT2D eigenvalue weighted by molar-refractivity contribution is 6.02. The van der Waals surface area contributed by atoms with Crippen LogP contribution in [0.4, 0.5) is 16.4 Å². The van der Waals surface area contributed by atoms with Crippen LogP contribution in [0.25, 0.3) is 11.1 Å². The van der Waals surface area contributed by atoms with Crippen molar-refractivity contribution in [1.82, 2.24) is 15.2 Å². The van der Waals surface area contributed by atoms with Crippen LogP contribution in [0.2, 0.25) is 0 Å². The molecule has 0 saturated carbocycles. The topological polar surface area (TPSA) is 146 Å². The van der Waals surface area contributed by atoms with Gasteiger partial charge in [-0.2, -0.15) is 4.98 Å². The minimum absolute atomic E-state index is 0.0259. The minimum Gasteiger partial charge on any atom is -0.478 e. The van der Waals surface area contributed by atoms with Crippen molar-refractivity contribution in [2.75, 3.05) is 17.2 Å². The number of carbonyl (C=O) groups is 3. The Balaban J connectivity index is 1.20. The van der Waals surface area contributed by atoms with Gasteiger partial charge in [-0.1, -0.05) is 54.6 Å². The number of carboxylic acids is 1. The van der Waals surface area contributed by atoms with Crippen LogP contribution in [0.5, 0.6) is 0 Å². The Bertz CT molecular complexity index is 1400. The van der Waals surface area contributed by atoms with E-state index >= 15 is 0 Å². The van der Waals surface area contributed by atoms with E-state index in [0.29, 0.717) is 0 Å². The second kappa shape index (κ2) is 9.10. The molecule has 0 bridgehead atoms. The Morgan fingerprint density at radius 1 is 0.914 bits per heavy atom. The Kier molecular flexibility index (Phi) is 5.68. The average molecular weight is 469 g/mol. The van der Waals surface area contributed by atoms with Crippen LogP contribution in [0.3, 0.4) is 0 Å². The first-order valence-corrected chi connectivity index (χ1v) is 10.7. The molecule has 10 nitrogen and oxygen atoms in total. The van der Waals surface area contributed by atoms with Crippen molar-refractivity contribution < 1.29 is 24.2 Å². The summed E-state index contributed by atoms with van der Waals surface area (Å²) in [7, 11) is 0. The van der Waals surface area contributed by atoms with Gasteiger partial charge in [-0.25, -0.2) is 9.59 Å². The number of hydrogen-bond acceptors (Lipinski definition) is 6. The molecule has 0 aliphatic heterocycles. The lowest BCUT2D eigenvalue weighted by molar-refractivity contribution is 0.0696. The van der Waals surface area contributed by atoms with Gasteiger partial charge in [0.15, 0.2) is 0 Å². The molecule has 4 aromatic rings. The predicted octanol–water partition coefficient (Wildman–Crippen LogP) is 4.12. The lowest BCUT2D eigenvalue weighted by Crippen LogP contribution is -2.19. The monoisotopic (exact) mass is 469 g/mol. The van der Waals surface area contributed by atoms with E-state index in [4.69, 9.17) is 9.84 Å². The van der Waals surface area contributed by atoms with E-state index in [1.54, 1.807) is 0 Å². The van der Waals surface area contributed by atoms with Gasteiger partial charge in [0.2, 0.25) is 5.82 Å². The number of benzene rings is 3. The number of H-pyrrole nitrogens is 1. The molecule has 4 N–H and O–H groups in total. The molecule has 5 rings (SSSR count). The second-order valence-corrected chi connectivity index (χ2v) is 7.80. The van der Waals surface area contributed by atoms with Crippen LogP contribution in [-0.2, 0) is 4.74 Å². The van der Waals surface area contributed by atoms with E-state index in [1.165, 1.54) is 24.3 Å². The largest absolute Gasteiger partial charge is 0.478 e. The van der Waals surface area contributed by atoms with Crippen molar-refractivity contribution in [3.05, 3.63) is 95.3 Å². The number of aromatic amines is 1. The lowest BCUT2D eigenvalue weighted by atomic mass is 9.98. The van der Waals surface area contributed by atoms with Gasteiger partial charge in [-0.3, -0.25) is 15.2 Å². The van der Waals surface area contributed by atoms with E-state index in [2.05, 4.69) is 25.8 Å². The van der Waals surface area contributed by atoms with E-state index in [1.807, 2.05) is 48.5 Å². The van der Waals surface area contributed by atoms with Gasteiger partial charge in [0.1, 0.15) is 6.61 Å². The zero-order valence-electron chi connectivity index (χ0n) is 18.2. The number of amides is 2. The summed E-state index contributed by atoms with van der Waals surface area (Å²) in [5, 5.41) is 20.2. The molecule has 1 aliphatic rings. The van der Waals surface area contributed by atoms with Crippen molar-refractivity contribution in [2.45, 2.75) is 5.92 Å². The number of carboxylic acid groups (broad SMARTS) is 1. The third-order valence-electron chi connectivity index (χ3n) is 5.63. The van der Waals surface area contributed by atoms with Gasteiger partial charge in [0.25, 0.3) is 11.9 Å². The van der Waals surface area contributed by atoms with Gasteiger partial charge in [-0.05, 0) is 40.5 Å². The summed E-state index contributed by atoms with van der Waals surface area (Å²) in [5.41, 5.74) is 4.72. The third-order valence-corrected chi connectivity index (χ3v) is 5.63. The van der Waals surface area contributed by atoms with Crippen molar-refractivity contribution in [3.63, 3.8) is 0 Å². The number of carbonyl (C=O) groups excluding carboxylic acids is 2. The SMILES string of the molecule is O=C(Nc1n[nH]c(C(=O)Nc2cccc(C(=O)O)c2)n1)OCC1c2ccccc2-c2ccccc21. The summed E-state index contributed by atoms with van der Waals surface area (Å²) in [6, 6.07) is 21.8. The van der Waals surface area contributed by atoms with E-state index < -0.39 is 18.0 Å². The maximum Gasteiger partial charge on any atom is 0.414 e. The van der Waals surface area contributed by atoms with Crippen LogP contribution in [-0.4, -0.2) is 44.9 Å². The number of nitrogens with one attached hydrogen (secondary N) is 3. The Labute approximate surface area is 199 Å². The molecule has 3 aromatic carbocycles. The van der Waals surface area contributed by atoms with Gasteiger partial charge in [0, 0.05) is 11.6 Å². The zero-order chi connectivity index (χ0) is 24.4. The quantitative estimate of drug-likeness (QED) is 0.332. The predicted molar refractivity (Wildman–Crippen MR) is 126 cm³/mol. The standard InChI is InChI=1S/C25H19N5O5/c31-22(26-15-7-5-6-14(12-15)23(32)33)21-27-24(30-29-21)28-25(34)35-13-20-18-10-3-1-8-16(18)17-9-2-4-11-19(17)20/h1-12,20H,13H2,(H,26,31)(H,32,33)(H2,27,28,29,30,34). The molecule has 1 aromatic heterocycles. The summed E-state index contributed by atoms with van der Waals surface area (Å²) in [6.45, 7) is 0.123. The molecule has 0 spiro atoms. The van der Waals surface area contributed by atoms with Gasteiger partial charge in [-0.15, -0.1) is 5.10 Å². The van der Waals surface area contributed by atoms with E-state index in [-0.39, 0.29) is 35.5 Å². The maximum atomic E-state index is 12.4. The maximum absolute atomic E-state index is 12.4. The highest BCUT2D eigenvalue weighted by Gasteiger charge is 2.29. The molecule has 0 unspecified atom stereocenters. The molecule has 1 aliphatic carbocycles. The number of aromatic carboxylic acids is 1. The van der Waals surface area contributed by atoms with Crippen LogP contribution in [0.15, 0.2) is 72.8 Å². The number of fused-ring (bicyclic) bond motifs is 3. The van der Waals surface area contributed by atoms with Crippen molar-refractivity contribution in [3.8, 4) is 11.1 Å². The van der Waals surface area contributed by atoms with Gasteiger partial charge >= 0.3 is 12.1 Å². The molecule has 174 valence electrons. The summed E-state index contributed by atoms with van der Waals surface area (Å²) >= 11 is 0. The smallest absolute Gasteiger partial charge is 0.414 e. The zero-order valence-corrected chi connectivity index (χ0v) is 18.2. The third kappa shape index (κ3) is 4.44. The summed E-state index contributed by atoms with van der Waals surface area (Å²) in [4.78, 5) is 39.8. The number of ether oxygens (including phenoxy) is 1. The van der Waals surface area contributed by atoms with Crippen molar-refractivity contribution in [2.24, 2.45) is 0 Å². The first kappa shape index (κ1) is 21.8. The number of nitrogens with zero attached hydrogens (tertiary/aromatic N) is 2. The number of rotatable bonds is 6. The Hall–Kier alpha value is -4.99. The first-order chi connectivity index (χ1) is 17.0. The fourth-order valence-electron chi connectivity index (χ4n) is 4.07. The minimum atomic E-state index is -1.12. The van der Waals surface area contributed by atoms with Crippen LogP contribution < -0.4 is 10.6 Å². The van der Waals surface area contributed by atoms with Gasteiger partial charge in [0.05, 0.1) is 5.56 Å². The molecule has 10 heteroatoms. The highest BCUT2D eigenvalue weighted by atomic mass is 16.5. The molecule has 35 heavy (non-hydrogen) atoms. The second-order valence-electron chi connectivity index (χ2n) is 7.80. The Morgan fingerprint density at radius 2 is 1.60 bits per heavy atom. The normalized spacial score (nSPS) is 11.9. The Morgan fingerprint density at radius 3 is 2.29 bits per heavy atom. The van der Waals surface area contributed by atoms with E-state index in [9.17, 15) is 14.4 Å². The number of aromatic nitrogens is 3. The summed E-state index contributed by atoms with van der Waals surface area (Å²) < 4.78 is 5.44. The number of anilines is 2. The molecule has 1 heterocycles. The molecule has 0 fully saturated rings. The summed E-state index contributed by atoms with van der Waals surface area (Å²) in [6.07, 6.45) is -0.757.